The van der Waals surface area contributed by atoms with Crippen LogP contribution in [0.4, 0.5) is 0 Å². The van der Waals surface area contributed by atoms with Crippen molar-refractivity contribution >= 4 is 5.97 Å². The Balaban J connectivity index is 2.14. The summed E-state index contributed by atoms with van der Waals surface area (Å²) in [5.41, 5.74) is 0.670. The lowest BCUT2D eigenvalue weighted by atomic mass is 10.3. The van der Waals surface area contributed by atoms with Gasteiger partial charge in [0.05, 0.1) is 11.9 Å². The second kappa shape index (κ2) is 5.43. The summed E-state index contributed by atoms with van der Waals surface area (Å²) in [6.45, 7) is 2.53. The number of benzene rings is 1. The normalized spacial score (nSPS) is 10.4. The van der Waals surface area contributed by atoms with Crippen molar-refractivity contribution in [1.82, 2.24) is 9.55 Å². The highest BCUT2D eigenvalue weighted by Crippen LogP contribution is 2.19. The van der Waals surface area contributed by atoms with Crippen molar-refractivity contribution < 1.29 is 19.7 Å². The lowest BCUT2D eigenvalue weighted by Crippen LogP contribution is -2.12. The summed E-state index contributed by atoms with van der Waals surface area (Å²) in [5.74, 6) is -0.434. The van der Waals surface area contributed by atoms with E-state index < -0.39 is 5.97 Å². The molecule has 0 aliphatic heterocycles. The third-order valence-electron chi connectivity index (χ3n) is 2.65. The van der Waals surface area contributed by atoms with Gasteiger partial charge in [0.25, 0.3) is 0 Å². The lowest BCUT2D eigenvalue weighted by Gasteiger charge is -2.09. The molecule has 0 aliphatic carbocycles. The first-order valence-electron chi connectivity index (χ1n) is 5.81. The molecule has 2 rings (SSSR count). The maximum atomic E-state index is 11.0. The molecule has 0 saturated heterocycles. The predicted molar refractivity (Wildman–Crippen MR) is 67.3 cm³/mol. The number of aromatic carboxylic acids is 1. The van der Waals surface area contributed by atoms with Gasteiger partial charge >= 0.3 is 5.97 Å². The van der Waals surface area contributed by atoms with Gasteiger partial charge in [-0.3, -0.25) is 0 Å². The van der Waals surface area contributed by atoms with Crippen molar-refractivity contribution in [3.05, 3.63) is 42.0 Å². The molecule has 2 N–H and O–H groups in total. The van der Waals surface area contributed by atoms with Crippen molar-refractivity contribution in [2.24, 2.45) is 0 Å². The number of nitrogens with zero attached hydrogens (tertiary/aromatic N) is 2. The zero-order valence-electron chi connectivity index (χ0n) is 10.4. The van der Waals surface area contributed by atoms with Crippen LogP contribution in [0.2, 0.25) is 0 Å². The fraction of sp³-hybridized carbons (Fsp3) is 0.231. The summed E-state index contributed by atoms with van der Waals surface area (Å²) in [7, 11) is 0. The monoisotopic (exact) mass is 262 g/mol. The Morgan fingerprint density at radius 2 is 2.26 bits per heavy atom. The van der Waals surface area contributed by atoms with E-state index in [0.29, 0.717) is 18.0 Å². The minimum absolute atomic E-state index is 0.00277. The van der Waals surface area contributed by atoms with Gasteiger partial charge in [-0.05, 0) is 19.1 Å². The molecule has 19 heavy (non-hydrogen) atoms. The van der Waals surface area contributed by atoms with Crippen molar-refractivity contribution in [2.75, 3.05) is 0 Å². The Bertz CT molecular complexity index is 592. The quantitative estimate of drug-likeness (QED) is 0.859. The molecule has 0 saturated carbocycles. The lowest BCUT2D eigenvalue weighted by molar-refractivity contribution is 0.0677. The van der Waals surface area contributed by atoms with E-state index in [1.54, 1.807) is 22.8 Å². The molecule has 0 bridgehead atoms. The van der Waals surface area contributed by atoms with Gasteiger partial charge in [0.2, 0.25) is 5.82 Å². The Hall–Kier alpha value is -2.50. The van der Waals surface area contributed by atoms with E-state index in [9.17, 15) is 9.90 Å². The number of carboxylic acids is 1. The average molecular weight is 262 g/mol. The fourth-order valence-corrected chi connectivity index (χ4v) is 1.78. The van der Waals surface area contributed by atoms with Crippen molar-refractivity contribution in [2.45, 2.75) is 20.1 Å². The Labute approximate surface area is 109 Å². The summed E-state index contributed by atoms with van der Waals surface area (Å²) in [6, 6.07) is 6.42. The Morgan fingerprint density at radius 1 is 1.47 bits per heavy atom. The molecule has 0 aliphatic rings. The van der Waals surface area contributed by atoms with E-state index in [2.05, 4.69) is 4.98 Å². The zero-order valence-corrected chi connectivity index (χ0v) is 10.4. The van der Waals surface area contributed by atoms with E-state index in [0.717, 1.165) is 0 Å². The minimum atomic E-state index is -1.06. The maximum absolute atomic E-state index is 11.0. The molecular weight excluding hydrogens is 248 g/mol. The first-order chi connectivity index (χ1) is 9.11. The van der Waals surface area contributed by atoms with Crippen molar-refractivity contribution in [1.29, 1.82) is 0 Å². The van der Waals surface area contributed by atoms with E-state index >= 15 is 0 Å². The summed E-state index contributed by atoms with van der Waals surface area (Å²) in [6.07, 6.45) is 1.48. The number of aromatic hydroxyl groups is 1. The number of aromatic nitrogens is 2. The second-order valence-corrected chi connectivity index (χ2v) is 3.91. The molecule has 1 aromatic carbocycles. The van der Waals surface area contributed by atoms with Gasteiger partial charge in [-0.1, -0.05) is 6.07 Å². The summed E-state index contributed by atoms with van der Waals surface area (Å²) in [5, 5.41) is 18.3. The third-order valence-corrected chi connectivity index (χ3v) is 2.65. The molecule has 1 aromatic heterocycles. The van der Waals surface area contributed by atoms with Crippen LogP contribution in [-0.2, 0) is 13.2 Å². The number of phenolic OH excluding ortho intramolecular Hbond substituents is 1. The van der Waals surface area contributed by atoms with Crippen LogP contribution in [0.1, 0.15) is 23.2 Å². The molecule has 6 nitrogen and oxygen atoms in total. The molecule has 6 heteroatoms. The van der Waals surface area contributed by atoms with Gasteiger partial charge < -0.3 is 19.5 Å². The number of hydrogen-bond donors (Lipinski definition) is 2. The molecule has 0 fully saturated rings. The number of imidazole rings is 1. The smallest absolute Gasteiger partial charge is 0.372 e. The topological polar surface area (TPSA) is 84.6 Å². The molecule has 0 radical (unpaired) electrons. The number of carbonyl (C=O) groups is 1. The van der Waals surface area contributed by atoms with E-state index in [4.69, 9.17) is 9.84 Å². The van der Waals surface area contributed by atoms with E-state index in [1.165, 1.54) is 12.3 Å². The van der Waals surface area contributed by atoms with Gasteiger partial charge in [-0.25, -0.2) is 9.78 Å². The molecule has 0 unspecified atom stereocenters. The standard InChI is InChI=1S/C13H14N2O4/c1-2-15-9(7-14-12(15)13(17)18)8-19-11-5-3-4-10(16)6-11/h3-7,16H,2,8H2,1H3,(H,17,18). The van der Waals surface area contributed by atoms with Gasteiger partial charge in [0.15, 0.2) is 0 Å². The van der Waals surface area contributed by atoms with Crippen LogP contribution in [0, 0.1) is 0 Å². The fourth-order valence-electron chi connectivity index (χ4n) is 1.78. The molecular formula is C13H14N2O4. The van der Waals surface area contributed by atoms with Crippen LogP contribution in [-0.4, -0.2) is 25.7 Å². The molecule has 100 valence electrons. The highest BCUT2D eigenvalue weighted by Gasteiger charge is 2.14. The van der Waals surface area contributed by atoms with Crippen LogP contribution in [0.3, 0.4) is 0 Å². The van der Waals surface area contributed by atoms with E-state index in [1.807, 2.05) is 6.92 Å². The van der Waals surface area contributed by atoms with Gasteiger partial charge in [-0.2, -0.15) is 0 Å². The van der Waals surface area contributed by atoms with Gasteiger partial charge in [0, 0.05) is 12.6 Å². The molecule has 2 aromatic rings. The first-order valence-corrected chi connectivity index (χ1v) is 5.81. The molecule has 1 heterocycles. The Morgan fingerprint density at radius 3 is 2.89 bits per heavy atom. The van der Waals surface area contributed by atoms with Crippen LogP contribution in [0.25, 0.3) is 0 Å². The van der Waals surface area contributed by atoms with Crippen LogP contribution < -0.4 is 4.74 Å². The highest BCUT2D eigenvalue weighted by molar-refractivity contribution is 5.83. The first kappa shape index (κ1) is 12.9. The largest absolute Gasteiger partial charge is 0.508 e. The average Bonchev–Trinajstić information content (AvgIpc) is 2.79. The number of carboxylic acid groups (broad SMARTS) is 1. The van der Waals surface area contributed by atoms with Crippen LogP contribution in [0.15, 0.2) is 30.5 Å². The second-order valence-electron chi connectivity index (χ2n) is 3.91. The van der Waals surface area contributed by atoms with E-state index in [-0.39, 0.29) is 18.2 Å². The molecule has 0 atom stereocenters. The number of ether oxygens (including phenoxy) is 1. The summed E-state index contributed by atoms with van der Waals surface area (Å²) >= 11 is 0. The number of phenols is 1. The minimum Gasteiger partial charge on any atom is -0.508 e. The van der Waals surface area contributed by atoms with Crippen molar-refractivity contribution in [3.8, 4) is 11.5 Å². The number of rotatable bonds is 5. The summed E-state index contributed by atoms with van der Waals surface area (Å²) < 4.78 is 7.07. The zero-order chi connectivity index (χ0) is 13.8. The van der Waals surface area contributed by atoms with Gasteiger partial charge in [0.1, 0.15) is 18.1 Å². The summed E-state index contributed by atoms with van der Waals surface area (Å²) in [4.78, 5) is 14.8. The van der Waals surface area contributed by atoms with Gasteiger partial charge in [-0.15, -0.1) is 0 Å². The van der Waals surface area contributed by atoms with Crippen LogP contribution in [0.5, 0.6) is 11.5 Å². The highest BCUT2D eigenvalue weighted by atomic mass is 16.5. The molecule has 0 spiro atoms. The van der Waals surface area contributed by atoms with Crippen LogP contribution >= 0.6 is 0 Å². The number of hydrogen-bond acceptors (Lipinski definition) is 4. The third kappa shape index (κ3) is 2.85. The maximum Gasteiger partial charge on any atom is 0.372 e. The predicted octanol–water partition coefficient (Wildman–Crippen LogP) is 1.89. The molecule has 0 amide bonds. The van der Waals surface area contributed by atoms with Crippen molar-refractivity contribution in [3.63, 3.8) is 0 Å². The SMILES string of the molecule is CCn1c(COc2cccc(O)c2)cnc1C(=O)O. The Kier molecular flexibility index (Phi) is 3.70.